The van der Waals surface area contributed by atoms with Gasteiger partial charge in [-0.25, -0.2) is 13.1 Å². The van der Waals surface area contributed by atoms with E-state index in [2.05, 4.69) is 17.0 Å². The molecule has 1 fully saturated rings. The van der Waals surface area contributed by atoms with Crippen LogP contribution in [0, 0.1) is 0 Å². The lowest BCUT2D eigenvalue weighted by Crippen LogP contribution is -2.42. The predicted octanol–water partition coefficient (Wildman–Crippen LogP) is 1.63. The average Bonchev–Trinajstić information content (AvgIpc) is 2.29. The van der Waals surface area contributed by atoms with E-state index in [1.54, 1.807) is 0 Å². The number of hydrogen-bond acceptors (Lipinski definition) is 3. The second-order valence-corrected chi connectivity index (χ2v) is 6.77. The number of unbranched alkanes of at least 4 members (excludes halogenated alkanes) is 1. The molecule has 1 saturated carbocycles. The van der Waals surface area contributed by atoms with Crippen LogP contribution in [0.2, 0.25) is 0 Å². The van der Waals surface area contributed by atoms with E-state index in [1.807, 2.05) is 6.92 Å². The summed E-state index contributed by atoms with van der Waals surface area (Å²) in [4.78, 5) is 0. The minimum atomic E-state index is -3.04. The molecule has 0 atom stereocenters. The van der Waals surface area contributed by atoms with Gasteiger partial charge in [-0.2, -0.15) is 0 Å². The van der Waals surface area contributed by atoms with Gasteiger partial charge in [0.25, 0.3) is 0 Å². The highest BCUT2D eigenvalue weighted by atomic mass is 32.2. The van der Waals surface area contributed by atoms with Gasteiger partial charge in [0.1, 0.15) is 0 Å². The maximum absolute atomic E-state index is 11.7. The Balaban J connectivity index is 2.30. The van der Waals surface area contributed by atoms with Crippen LogP contribution in [0.4, 0.5) is 0 Å². The summed E-state index contributed by atoms with van der Waals surface area (Å²) in [5.74, 6) is 0.274. The van der Waals surface area contributed by atoms with E-state index in [0.29, 0.717) is 6.04 Å². The largest absolute Gasteiger partial charge is 0.314 e. The lowest BCUT2D eigenvalue weighted by molar-refractivity contribution is 0.333. The fourth-order valence-corrected chi connectivity index (χ4v) is 3.88. The van der Waals surface area contributed by atoms with Crippen LogP contribution in [0.3, 0.4) is 0 Å². The Morgan fingerprint density at radius 2 is 1.65 bits per heavy atom. The number of sulfonamides is 1. The molecule has 0 spiro atoms. The molecule has 5 heteroatoms. The topological polar surface area (TPSA) is 58.2 Å². The fraction of sp³-hybridized carbons (Fsp3) is 1.00. The molecule has 0 radical (unpaired) electrons. The second kappa shape index (κ2) is 7.34. The van der Waals surface area contributed by atoms with Gasteiger partial charge in [-0.15, -0.1) is 0 Å². The molecule has 0 saturated heterocycles. The van der Waals surface area contributed by atoms with E-state index in [0.717, 1.165) is 45.1 Å². The van der Waals surface area contributed by atoms with Crippen LogP contribution in [0.15, 0.2) is 0 Å². The van der Waals surface area contributed by atoms with Gasteiger partial charge >= 0.3 is 0 Å². The van der Waals surface area contributed by atoms with Crippen molar-refractivity contribution in [1.82, 2.24) is 10.0 Å². The summed E-state index contributed by atoms with van der Waals surface area (Å²) >= 11 is 0. The van der Waals surface area contributed by atoms with Crippen molar-refractivity contribution in [2.24, 2.45) is 0 Å². The molecule has 0 aromatic carbocycles. The lowest BCUT2D eigenvalue weighted by atomic mass is 9.92. The van der Waals surface area contributed by atoms with Crippen molar-refractivity contribution >= 4 is 10.0 Å². The second-order valence-electron chi connectivity index (χ2n) is 4.90. The normalized spacial score (nSPS) is 26.0. The molecule has 4 nitrogen and oxygen atoms in total. The third-order valence-corrected chi connectivity index (χ3v) is 4.85. The van der Waals surface area contributed by atoms with Crippen molar-refractivity contribution in [2.45, 2.75) is 64.5 Å². The van der Waals surface area contributed by atoms with Crippen LogP contribution in [0.5, 0.6) is 0 Å². The van der Waals surface area contributed by atoms with Gasteiger partial charge in [-0.3, -0.25) is 0 Å². The van der Waals surface area contributed by atoms with Crippen molar-refractivity contribution in [1.29, 1.82) is 0 Å². The molecular weight excluding hydrogens is 236 g/mol. The van der Waals surface area contributed by atoms with Crippen LogP contribution < -0.4 is 10.0 Å². The molecule has 17 heavy (non-hydrogen) atoms. The van der Waals surface area contributed by atoms with Crippen LogP contribution in [0.1, 0.15) is 52.4 Å². The van der Waals surface area contributed by atoms with E-state index in [1.165, 1.54) is 0 Å². The smallest absolute Gasteiger partial charge is 0.211 e. The van der Waals surface area contributed by atoms with Crippen LogP contribution >= 0.6 is 0 Å². The van der Waals surface area contributed by atoms with Crippen LogP contribution in [-0.2, 0) is 10.0 Å². The summed E-state index contributed by atoms with van der Waals surface area (Å²) < 4.78 is 26.3. The Labute approximate surface area is 106 Å². The molecule has 1 aliphatic carbocycles. The van der Waals surface area contributed by atoms with Crippen molar-refractivity contribution in [2.75, 3.05) is 12.3 Å². The molecule has 0 aliphatic heterocycles. The zero-order valence-corrected chi connectivity index (χ0v) is 11.9. The van der Waals surface area contributed by atoms with E-state index in [-0.39, 0.29) is 11.8 Å². The first-order valence-electron chi connectivity index (χ1n) is 6.80. The van der Waals surface area contributed by atoms with Gasteiger partial charge in [-0.05, 0) is 38.6 Å². The summed E-state index contributed by atoms with van der Waals surface area (Å²) in [5.41, 5.74) is 0. The first-order chi connectivity index (χ1) is 8.07. The highest BCUT2D eigenvalue weighted by molar-refractivity contribution is 7.89. The van der Waals surface area contributed by atoms with E-state index >= 15 is 0 Å². The molecule has 1 aliphatic rings. The quantitative estimate of drug-likeness (QED) is 0.733. The lowest BCUT2D eigenvalue weighted by Gasteiger charge is -2.29. The first kappa shape index (κ1) is 14.9. The Morgan fingerprint density at radius 3 is 2.18 bits per heavy atom. The summed E-state index contributed by atoms with van der Waals surface area (Å²) in [5, 5.41) is 3.42. The maximum Gasteiger partial charge on any atom is 0.211 e. The molecule has 0 unspecified atom stereocenters. The predicted molar refractivity (Wildman–Crippen MR) is 71.6 cm³/mol. The minimum absolute atomic E-state index is 0.159. The highest BCUT2D eigenvalue weighted by Gasteiger charge is 2.23. The average molecular weight is 262 g/mol. The summed E-state index contributed by atoms with van der Waals surface area (Å²) in [6, 6.07) is 0.739. The van der Waals surface area contributed by atoms with Crippen molar-refractivity contribution in [3.63, 3.8) is 0 Å². The molecule has 0 heterocycles. The Kier molecular flexibility index (Phi) is 6.44. The first-order valence-corrected chi connectivity index (χ1v) is 8.46. The van der Waals surface area contributed by atoms with Gasteiger partial charge in [0.2, 0.25) is 10.0 Å². The Morgan fingerprint density at radius 1 is 1.06 bits per heavy atom. The minimum Gasteiger partial charge on any atom is -0.314 e. The summed E-state index contributed by atoms with van der Waals surface area (Å²) in [6.45, 7) is 5.12. The third-order valence-electron chi connectivity index (χ3n) is 3.33. The number of nitrogens with one attached hydrogen (secondary N) is 2. The molecule has 102 valence electrons. The monoisotopic (exact) mass is 262 g/mol. The third kappa shape index (κ3) is 5.84. The van der Waals surface area contributed by atoms with Crippen molar-refractivity contribution < 1.29 is 8.42 Å². The molecule has 1 rings (SSSR count). The number of hydrogen-bond donors (Lipinski definition) is 2. The molecule has 0 aromatic heterocycles. The zero-order chi connectivity index (χ0) is 12.7. The zero-order valence-electron chi connectivity index (χ0n) is 11.0. The summed E-state index contributed by atoms with van der Waals surface area (Å²) in [6.07, 6.45) is 5.76. The Hall–Kier alpha value is -0.130. The van der Waals surface area contributed by atoms with Gasteiger partial charge < -0.3 is 5.32 Å². The fourth-order valence-electron chi connectivity index (χ4n) is 2.35. The van der Waals surface area contributed by atoms with Crippen LogP contribution in [-0.4, -0.2) is 32.8 Å². The standard InChI is InChI=1S/C12H26N2O2S/c1-3-5-10-17(15,16)14-12-8-6-11(7-9-12)13-4-2/h11-14H,3-10H2,1-2H3. The molecular formula is C12H26N2O2S. The number of rotatable bonds is 7. The van der Waals surface area contributed by atoms with E-state index in [9.17, 15) is 8.42 Å². The van der Waals surface area contributed by atoms with Gasteiger partial charge in [0, 0.05) is 12.1 Å². The molecule has 0 aromatic rings. The summed E-state index contributed by atoms with van der Waals surface area (Å²) in [7, 11) is -3.04. The van der Waals surface area contributed by atoms with Crippen molar-refractivity contribution in [3.05, 3.63) is 0 Å². The molecule has 2 N–H and O–H groups in total. The van der Waals surface area contributed by atoms with Gasteiger partial charge in [0.15, 0.2) is 0 Å². The molecule has 0 amide bonds. The highest BCUT2D eigenvalue weighted by Crippen LogP contribution is 2.19. The van der Waals surface area contributed by atoms with E-state index in [4.69, 9.17) is 0 Å². The van der Waals surface area contributed by atoms with Crippen LogP contribution in [0.25, 0.3) is 0 Å². The SMILES string of the molecule is CCCCS(=O)(=O)NC1CCC(NCC)CC1. The Bertz CT molecular complexity index is 296. The van der Waals surface area contributed by atoms with Crippen molar-refractivity contribution in [3.8, 4) is 0 Å². The van der Waals surface area contributed by atoms with Gasteiger partial charge in [0.05, 0.1) is 5.75 Å². The van der Waals surface area contributed by atoms with E-state index < -0.39 is 10.0 Å². The maximum atomic E-state index is 11.7. The molecule has 0 bridgehead atoms. The van der Waals surface area contributed by atoms with Gasteiger partial charge in [-0.1, -0.05) is 20.3 Å².